The molecule has 1 aliphatic carbocycles. The van der Waals surface area contributed by atoms with Crippen LogP contribution in [0.2, 0.25) is 0 Å². The van der Waals surface area contributed by atoms with Gasteiger partial charge in [-0.3, -0.25) is 4.79 Å². The van der Waals surface area contributed by atoms with Crippen LogP contribution in [0.5, 0.6) is 0 Å². The molecule has 0 aromatic carbocycles. The molecule has 0 radical (unpaired) electrons. The number of hydrogen-bond acceptors (Lipinski definition) is 3. The molecule has 0 saturated heterocycles. The first-order valence-corrected chi connectivity index (χ1v) is 5.99. The maximum Gasteiger partial charge on any atom is 0.419 e. The van der Waals surface area contributed by atoms with Crippen LogP contribution < -0.4 is 10.6 Å². The molecule has 0 unspecified atom stereocenters. The summed E-state index contributed by atoms with van der Waals surface area (Å²) in [6, 6.07) is 2.14. The van der Waals surface area contributed by atoms with Gasteiger partial charge in [-0.15, -0.1) is 0 Å². The fraction of sp³-hybridized carbons (Fsp3) is 0.500. The first-order chi connectivity index (χ1) is 8.97. The highest BCUT2D eigenvalue weighted by Gasteiger charge is 2.34. The lowest BCUT2D eigenvalue weighted by atomic mass is 10.2. The highest BCUT2D eigenvalue weighted by atomic mass is 19.4. The monoisotopic (exact) mass is 273 g/mol. The van der Waals surface area contributed by atoms with Crippen molar-refractivity contribution in [3.05, 3.63) is 23.9 Å². The van der Waals surface area contributed by atoms with E-state index in [1.54, 1.807) is 0 Å². The van der Waals surface area contributed by atoms with Gasteiger partial charge in [0.25, 0.3) is 0 Å². The standard InChI is InChI=1S/C12H14F3N3O/c13-12(14,15)9-2-1-5-16-11(9)18-7-10(19)17-6-8-3-4-8/h1-2,5,8H,3-4,6-7H2,(H,16,18)(H,17,19). The largest absolute Gasteiger partial charge is 0.419 e. The molecule has 0 atom stereocenters. The number of anilines is 1. The number of alkyl halides is 3. The molecule has 1 aliphatic rings. The molecule has 0 bridgehead atoms. The van der Waals surface area contributed by atoms with Gasteiger partial charge in [-0.2, -0.15) is 13.2 Å². The zero-order valence-corrected chi connectivity index (χ0v) is 10.1. The summed E-state index contributed by atoms with van der Waals surface area (Å²) < 4.78 is 38.0. The Morgan fingerprint density at radius 3 is 2.79 bits per heavy atom. The number of halogens is 3. The minimum absolute atomic E-state index is 0.215. The summed E-state index contributed by atoms with van der Waals surface area (Å²) in [6.45, 7) is 0.377. The van der Waals surface area contributed by atoms with Gasteiger partial charge in [0.2, 0.25) is 5.91 Å². The third-order valence-corrected chi connectivity index (χ3v) is 2.81. The van der Waals surface area contributed by atoms with Gasteiger partial charge < -0.3 is 10.6 Å². The fourth-order valence-electron chi connectivity index (χ4n) is 1.58. The van der Waals surface area contributed by atoms with E-state index in [1.165, 1.54) is 12.3 Å². The molecule has 0 spiro atoms. The number of hydrogen-bond donors (Lipinski definition) is 2. The Morgan fingerprint density at radius 2 is 2.16 bits per heavy atom. The molecule has 19 heavy (non-hydrogen) atoms. The smallest absolute Gasteiger partial charge is 0.361 e. The molecule has 1 heterocycles. The van der Waals surface area contributed by atoms with Crippen LogP contribution in [0.1, 0.15) is 18.4 Å². The van der Waals surface area contributed by atoms with E-state index in [4.69, 9.17) is 0 Å². The normalized spacial score (nSPS) is 15.1. The van der Waals surface area contributed by atoms with Crippen LogP contribution >= 0.6 is 0 Å². The molecule has 7 heteroatoms. The molecular formula is C12H14F3N3O. The minimum Gasteiger partial charge on any atom is -0.361 e. The summed E-state index contributed by atoms with van der Waals surface area (Å²) in [5.74, 6) is -0.119. The van der Waals surface area contributed by atoms with Gasteiger partial charge in [-0.1, -0.05) is 0 Å². The molecule has 1 aromatic rings. The van der Waals surface area contributed by atoms with Crippen LogP contribution in [-0.4, -0.2) is 24.0 Å². The van der Waals surface area contributed by atoms with Crippen molar-refractivity contribution in [2.75, 3.05) is 18.4 Å². The zero-order chi connectivity index (χ0) is 13.9. The van der Waals surface area contributed by atoms with Crippen LogP contribution in [0.4, 0.5) is 19.0 Å². The second-order valence-corrected chi connectivity index (χ2v) is 4.50. The summed E-state index contributed by atoms with van der Waals surface area (Å²) in [5.41, 5.74) is -0.870. The van der Waals surface area contributed by atoms with Gasteiger partial charge in [-0.25, -0.2) is 4.98 Å². The molecule has 4 nitrogen and oxygen atoms in total. The Hall–Kier alpha value is -1.79. The van der Waals surface area contributed by atoms with E-state index in [0.29, 0.717) is 12.5 Å². The molecule has 2 rings (SSSR count). The molecule has 1 amide bonds. The van der Waals surface area contributed by atoms with Crippen molar-refractivity contribution < 1.29 is 18.0 Å². The summed E-state index contributed by atoms with van der Waals surface area (Å²) in [6.07, 6.45) is -1.03. The van der Waals surface area contributed by atoms with E-state index in [-0.39, 0.29) is 18.3 Å². The quantitative estimate of drug-likeness (QED) is 0.863. The third kappa shape index (κ3) is 4.11. The highest BCUT2D eigenvalue weighted by Crippen LogP contribution is 2.33. The Labute approximate surface area is 108 Å². The number of amides is 1. The topological polar surface area (TPSA) is 54.0 Å². The average molecular weight is 273 g/mol. The van der Waals surface area contributed by atoms with Gasteiger partial charge in [-0.05, 0) is 30.9 Å². The summed E-state index contributed by atoms with van der Waals surface area (Å²) in [5, 5.41) is 5.08. The number of nitrogens with zero attached hydrogens (tertiary/aromatic N) is 1. The molecule has 2 N–H and O–H groups in total. The molecule has 1 aromatic heterocycles. The molecule has 104 valence electrons. The zero-order valence-electron chi connectivity index (χ0n) is 10.1. The van der Waals surface area contributed by atoms with E-state index >= 15 is 0 Å². The van der Waals surface area contributed by atoms with E-state index in [9.17, 15) is 18.0 Å². The van der Waals surface area contributed by atoms with Crippen molar-refractivity contribution in [2.24, 2.45) is 5.92 Å². The SMILES string of the molecule is O=C(CNc1ncccc1C(F)(F)F)NCC1CC1. The summed E-state index contributed by atoms with van der Waals surface area (Å²) in [4.78, 5) is 15.0. The summed E-state index contributed by atoms with van der Waals surface area (Å²) in [7, 11) is 0. The molecule has 1 saturated carbocycles. The lowest BCUT2D eigenvalue weighted by Gasteiger charge is -2.13. The fourth-order valence-corrected chi connectivity index (χ4v) is 1.58. The Bertz CT molecular complexity index is 458. The van der Waals surface area contributed by atoms with Crippen LogP contribution in [0.15, 0.2) is 18.3 Å². The van der Waals surface area contributed by atoms with Crippen molar-refractivity contribution in [2.45, 2.75) is 19.0 Å². The number of carbonyl (C=O) groups is 1. The van der Waals surface area contributed by atoms with Crippen LogP contribution in [0.25, 0.3) is 0 Å². The maximum atomic E-state index is 12.7. The lowest BCUT2D eigenvalue weighted by Crippen LogP contribution is -2.32. The van der Waals surface area contributed by atoms with Crippen molar-refractivity contribution >= 4 is 11.7 Å². The van der Waals surface area contributed by atoms with Crippen LogP contribution in [0.3, 0.4) is 0 Å². The lowest BCUT2D eigenvalue weighted by molar-refractivity contribution is -0.137. The van der Waals surface area contributed by atoms with Crippen molar-refractivity contribution in [1.29, 1.82) is 0 Å². The second-order valence-electron chi connectivity index (χ2n) is 4.50. The van der Waals surface area contributed by atoms with E-state index < -0.39 is 11.7 Å². The van der Waals surface area contributed by atoms with Crippen LogP contribution in [0, 0.1) is 5.92 Å². The van der Waals surface area contributed by atoms with Crippen molar-refractivity contribution in [3.63, 3.8) is 0 Å². The molecular weight excluding hydrogens is 259 g/mol. The van der Waals surface area contributed by atoms with E-state index in [2.05, 4.69) is 15.6 Å². The number of carbonyl (C=O) groups excluding carboxylic acids is 1. The Kier molecular flexibility index (Phi) is 3.92. The first-order valence-electron chi connectivity index (χ1n) is 5.99. The first kappa shape index (κ1) is 13.6. The van der Waals surface area contributed by atoms with Gasteiger partial charge in [0, 0.05) is 12.7 Å². The van der Waals surface area contributed by atoms with Gasteiger partial charge in [0.1, 0.15) is 5.82 Å². The predicted octanol–water partition coefficient (Wildman–Crippen LogP) is 2.04. The number of nitrogens with one attached hydrogen (secondary N) is 2. The van der Waals surface area contributed by atoms with Gasteiger partial charge in [0.15, 0.2) is 0 Å². The Balaban J connectivity index is 1.89. The number of rotatable bonds is 5. The Morgan fingerprint density at radius 1 is 1.42 bits per heavy atom. The average Bonchev–Trinajstić information content (AvgIpc) is 3.17. The van der Waals surface area contributed by atoms with Gasteiger partial charge in [0.05, 0.1) is 12.1 Å². The van der Waals surface area contributed by atoms with Gasteiger partial charge >= 0.3 is 6.18 Å². The minimum atomic E-state index is -4.49. The van der Waals surface area contributed by atoms with E-state index in [0.717, 1.165) is 18.9 Å². The third-order valence-electron chi connectivity index (χ3n) is 2.81. The van der Waals surface area contributed by atoms with Crippen molar-refractivity contribution in [1.82, 2.24) is 10.3 Å². The predicted molar refractivity (Wildman–Crippen MR) is 63.5 cm³/mol. The molecule has 1 fully saturated rings. The van der Waals surface area contributed by atoms with E-state index in [1.807, 2.05) is 0 Å². The van der Waals surface area contributed by atoms with Crippen LogP contribution in [-0.2, 0) is 11.0 Å². The number of aromatic nitrogens is 1. The molecule has 0 aliphatic heterocycles. The second kappa shape index (κ2) is 5.46. The maximum absolute atomic E-state index is 12.7. The number of pyridine rings is 1. The van der Waals surface area contributed by atoms with Crippen molar-refractivity contribution in [3.8, 4) is 0 Å². The highest BCUT2D eigenvalue weighted by molar-refractivity contribution is 5.80. The summed E-state index contributed by atoms with van der Waals surface area (Å²) >= 11 is 0.